The highest BCUT2D eigenvalue weighted by atomic mass is 16.5. The average Bonchev–Trinajstić information content (AvgIpc) is 2.29. The molecule has 1 fully saturated rings. The lowest BCUT2D eigenvalue weighted by Gasteiger charge is -2.29. The molecule has 84 valence electrons. The van der Waals surface area contributed by atoms with Crippen LogP contribution >= 0.6 is 0 Å². The molecule has 1 unspecified atom stereocenters. The molecule has 1 saturated heterocycles. The first kappa shape index (κ1) is 10.8. The second-order valence-electron chi connectivity index (χ2n) is 3.74. The van der Waals surface area contributed by atoms with E-state index in [9.17, 15) is 4.79 Å². The maximum atomic E-state index is 11.4. The molecule has 0 amide bonds. The number of H-pyrrole nitrogens is 1. The summed E-state index contributed by atoms with van der Waals surface area (Å²) in [6.45, 7) is 2.18. The second-order valence-corrected chi connectivity index (χ2v) is 3.74. The summed E-state index contributed by atoms with van der Waals surface area (Å²) >= 11 is 0. The van der Waals surface area contributed by atoms with Gasteiger partial charge in [-0.3, -0.25) is 4.79 Å². The standard InChI is InChI=1S/C10H12N4O2/c1-14-2-3-16-8(6-14)9-12-5-7(4-11)10(15)13-9/h5,8H,2-3,6H2,1H3,(H,12,13,15). The number of nitrogens with zero attached hydrogens (tertiary/aromatic N) is 3. The van der Waals surface area contributed by atoms with Crippen LogP contribution in [0.3, 0.4) is 0 Å². The SMILES string of the molecule is CN1CCOC(c2ncc(C#N)c(=O)[nH]2)C1. The van der Waals surface area contributed by atoms with Gasteiger partial charge in [0.05, 0.1) is 12.8 Å². The molecule has 0 aromatic carbocycles. The largest absolute Gasteiger partial charge is 0.368 e. The number of likely N-dealkylation sites (N-methyl/N-ethyl adjacent to an activating group) is 1. The number of rotatable bonds is 1. The van der Waals surface area contributed by atoms with Crippen molar-refractivity contribution in [3.05, 3.63) is 27.9 Å². The normalized spacial score (nSPS) is 21.6. The lowest BCUT2D eigenvalue weighted by molar-refractivity contribution is -0.0256. The van der Waals surface area contributed by atoms with E-state index in [1.165, 1.54) is 6.20 Å². The van der Waals surface area contributed by atoms with Crippen molar-refractivity contribution < 1.29 is 4.74 Å². The first-order valence-corrected chi connectivity index (χ1v) is 5.00. The Bertz CT molecular complexity index is 476. The average molecular weight is 220 g/mol. The van der Waals surface area contributed by atoms with Gasteiger partial charge in [-0.05, 0) is 7.05 Å². The number of aromatic nitrogens is 2. The van der Waals surface area contributed by atoms with Crippen molar-refractivity contribution in [2.24, 2.45) is 0 Å². The molecule has 16 heavy (non-hydrogen) atoms. The Morgan fingerprint density at radius 1 is 1.75 bits per heavy atom. The van der Waals surface area contributed by atoms with Gasteiger partial charge >= 0.3 is 0 Å². The zero-order valence-electron chi connectivity index (χ0n) is 8.93. The molecule has 0 aliphatic carbocycles. The maximum absolute atomic E-state index is 11.4. The minimum absolute atomic E-state index is 0.0212. The van der Waals surface area contributed by atoms with Gasteiger partial charge in [0.1, 0.15) is 23.6 Å². The third kappa shape index (κ3) is 2.10. The molecule has 1 atom stereocenters. The monoisotopic (exact) mass is 220 g/mol. The summed E-state index contributed by atoms with van der Waals surface area (Å²) < 4.78 is 5.51. The molecule has 1 N–H and O–H groups in total. The van der Waals surface area contributed by atoms with Gasteiger partial charge in [-0.25, -0.2) is 4.98 Å². The molecule has 2 rings (SSSR count). The van der Waals surface area contributed by atoms with Gasteiger partial charge in [-0.2, -0.15) is 5.26 Å². The minimum Gasteiger partial charge on any atom is -0.368 e. The smallest absolute Gasteiger partial charge is 0.268 e. The fourth-order valence-corrected chi connectivity index (χ4v) is 1.60. The highest BCUT2D eigenvalue weighted by Gasteiger charge is 2.21. The fraction of sp³-hybridized carbons (Fsp3) is 0.500. The summed E-state index contributed by atoms with van der Waals surface area (Å²) in [6.07, 6.45) is 1.06. The minimum atomic E-state index is -0.413. The van der Waals surface area contributed by atoms with E-state index in [1.807, 2.05) is 7.05 Å². The van der Waals surface area contributed by atoms with Crippen molar-refractivity contribution in [2.75, 3.05) is 26.7 Å². The highest BCUT2D eigenvalue weighted by Crippen LogP contribution is 2.16. The van der Waals surface area contributed by atoms with Crippen molar-refractivity contribution in [1.29, 1.82) is 5.26 Å². The summed E-state index contributed by atoms with van der Waals surface area (Å²) in [5.41, 5.74) is -0.391. The Morgan fingerprint density at radius 3 is 3.19 bits per heavy atom. The number of ether oxygens (including phenoxy) is 1. The van der Waals surface area contributed by atoms with Crippen LogP contribution in [0.25, 0.3) is 0 Å². The van der Waals surface area contributed by atoms with Crippen LogP contribution in [0.4, 0.5) is 0 Å². The van der Waals surface area contributed by atoms with Crippen LogP contribution in [0.2, 0.25) is 0 Å². The zero-order chi connectivity index (χ0) is 11.5. The number of morpholine rings is 1. The van der Waals surface area contributed by atoms with Crippen molar-refractivity contribution in [3.63, 3.8) is 0 Å². The van der Waals surface area contributed by atoms with E-state index in [2.05, 4.69) is 14.9 Å². The molecule has 0 bridgehead atoms. The van der Waals surface area contributed by atoms with E-state index in [0.29, 0.717) is 19.0 Å². The molecule has 1 aromatic rings. The van der Waals surface area contributed by atoms with E-state index in [-0.39, 0.29) is 11.7 Å². The maximum Gasteiger partial charge on any atom is 0.268 e. The Balaban J connectivity index is 2.24. The van der Waals surface area contributed by atoms with Crippen molar-refractivity contribution in [1.82, 2.24) is 14.9 Å². The molecule has 1 aliphatic rings. The van der Waals surface area contributed by atoms with Gasteiger partial charge < -0.3 is 14.6 Å². The number of nitriles is 1. The summed E-state index contributed by atoms with van der Waals surface area (Å²) in [5.74, 6) is 0.482. The molecule has 1 aromatic heterocycles. The van der Waals surface area contributed by atoms with Gasteiger partial charge in [0.2, 0.25) is 0 Å². The lowest BCUT2D eigenvalue weighted by Crippen LogP contribution is -2.36. The Morgan fingerprint density at radius 2 is 2.56 bits per heavy atom. The van der Waals surface area contributed by atoms with Gasteiger partial charge in [-0.15, -0.1) is 0 Å². The van der Waals surface area contributed by atoms with Gasteiger partial charge in [-0.1, -0.05) is 0 Å². The van der Waals surface area contributed by atoms with Crippen molar-refractivity contribution in [2.45, 2.75) is 6.10 Å². The molecular formula is C10H12N4O2. The zero-order valence-corrected chi connectivity index (χ0v) is 8.93. The van der Waals surface area contributed by atoms with E-state index >= 15 is 0 Å². The number of hydrogen-bond acceptors (Lipinski definition) is 5. The molecule has 6 heteroatoms. The summed E-state index contributed by atoms with van der Waals surface area (Å²) in [7, 11) is 1.98. The van der Waals surface area contributed by atoms with Crippen LogP contribution in [-0.2, 0) is 4.74 Å². The number of hydrogen-bond donors (Lipinski definition) is 1. The van der Waals surface area contributed by atoms with Gasteiger partial charge in [0.25, 0.3) is 5.56 Å². The molecule has 6 nitrogen and oxygen atoms in total. The molecular weight excluding hydrogens is 208 g/mol. The predicted molar refractivity (Wildman–Crippen MR) is 55.8 cm³/mol. The summed E-state index contributed by atoms with van der Waals surface area (Å²) in [5, 5.41) is 8.61. The number of aromatic amines is 1. The van der Waals surface area contributed by atoms with Gasteiger partial charge in [0, 0.05) is 13.1 Å². The van der Waals surface area contributed by atoms with E-state index in [1.54, 1.807) is 6.07 Å². The van der Waals surface area contributed by atoms with Crippen LogP contribution in [0.1, 0.15) is 17.5 Å². The quantitative estimate of drug-likeness (QED) is 0.699. The van der Waals surface area contributed by atoms with Crippen LogP contribution in [0, 0.1) is 11.3 Å². The fourth-order valence-electron chi connectivity index (χ4n) is 1.60. The first-order chi connectivity index (χ1) is 7.70. The van der Waals surface area contributed by atoms with Crippen LogP contribution in [0.15, 0.2) is 11.0 Å². The third-order valence-electron chi connectivity index (χ3n) is 2.51. The first-order valence-electron chi connectivity index (χ1n) is 5.00. The molecule has 0 radical (unpaired) electrons. The van der Waals surface area contributed by atoms with Crippen molar-refractivity contribution in [3.8, 4) is 6.07 Å². The topological polar surface area (TPSA) is 82.0 Å². The van der Waals surface area contributed by atoms with Gasteiger partial charge in [0.15, 0.2) is 0 Å². The molecule has 0 saturated carbocycles. The van der Waals surface area contributed by atoms with E-state index < -0.39 is 5.56 Å². The summed E-state index contributed by atoms with van der Waals surface area (Å²) in [4.78, 5) is 20.1. The highest BCUT2D eigenvalue weighted by molar-refractivity contribution is 5.22. The predicted octanol–water partition coefficient (Wildman–Crippen LogP) is -0.355. The molecule has 1 aliphatic heterocycles. The molecule has 2 heterocycles. The second kappa shape index (κ2) is 4.43. The van der Waals surface area contributed by atoms with Crippen LogP contribution in [-0.4, -0.2) is 41.6 Å². The van der Waals surface area contributed by atoms with Crippen LogP contribution < -0.4 is 5.56 Å². The Hall–Kier alpha value is -1.71. The Kier molecular flexibility index (Phi) is 2.99. The number of nitrogens with one attached hydrogen (secondary N) is 1. The lowest BCUT2D eigenvalue weighted by atomic mass is 10.2. The summed E-state index contributed by atoms with van der Waals surface area (Å²) in [6, 6.07) is 1.78. The van der Waals surface area contributed by atoms with E-state index in [4.69, 9.17) is 10.00 Å². The van der Waals surface area contributed by atoms with Crippen molar-refractivity contribution >= 4 is 0 Å². The Labute approximate surface area is 92.5 Å². The van der Waals surface area contributed by atoms with E-state index in [0.717, 1.165) is 6.54 Å². The third-order valence-corrected chi connectivity index (χ3v) is 2.51. The molecule has 0 spiro atoms. The van der Waals surface area contributed by atoms with Crippen LogP contribution in [0.5, 0.6) is 0 Å².